The highest BCUT2D eigenvalue weighted by Crippen LogP contribution is 2.30. The molecule has 7 nitrogen and oxygen atoms in total. The van der Waals surface area contributed by atoms with Crippen molar-refractivity contribution in [2.24, 2.45) is 5.92 Å². The Bertz CT molecular complexity index is 1300. The van der Waals surface area contributed by atoms with Crippen LogP contribution in [0.3, 0.4) is 0 Å². The predicted molar refractivity (Wildman–Crippen MR) is 143 cm³/mol. The van der Waals surface area contributed by atoms with E-state index < -0.39 is 0 Å². The van der Waals surface area contributed by atoms with Crippen molar-refractivity contribution in [3.63, 3.8) is 0 Å². The van der Waals surface area contributed by atoms with E-state index in [-0.39, 0.29) is 0 Å². The zero-order valence-electron chi connectivity index (χ0n) is 20.1. The van der Waals surface area contributed by atoms with Crippen molar-refractivity contribution in [3.8, 4) is 0 Å². The summed E-state index contributed by atoms with van der Waals surface area (Å²) in [5, 5.41) is 4.15. The van der Waals surface area contributed by atoms with Gasteiger partial charge in [0, 0.05) is 31.9 Å². The fraction of sp³-hybridized carbons (Fsp3) is 0.333. The molecular formula is C27H30N6OS. The second-order valence-corrected chi connectivity index (χ2v) is 10.2. The van der Waals surface area contributed by atoms with Gasteiger partial charge < -0.3 is 15.0 Å². The number of piperidine rings is 1. The zero-order valence-corrected chi connectivity index (χ0v) is 21.0. The molecule has 0 bridgehead atoms. The average molecular weight is 487 g/mol. The van der Waals surface area contributed by atoms with Gasteiger partial charge in [-0.3, -0.25) is 4.90 Å². The standard InChI is InChI=1S/C27H30N6OS/c1-19-3-5-22(6-4-19)32(2)25-8-7-23-26(31-25)35-27(29-23)30-24-17-21(9-13-28-24)18-33-14-10-20(11-15-33)12-16-34/h3-9,13,16-17,20H,10-12,14-15,18H2,1-2H3,(H,28,29,30). The number of aldehydes is 1. The highest BCUT2D eigenvalue weighted by Gasteiger charge is 2.19. The molecule has 5 rings (SSSR count). The second kappa shape index (κ2) is 10.5. The summed E-state index contributed by atoms with van der Waals surface area (Å²) in [4.78, 5) is 30.2. The summed E-state index contributed by atoms with van der Waals surface area (Å²) in [5.74, 6) is 2.21. The number of carbonyl (C=O) groups is 1. The third kappa shape index (κ3) is 5.66. The summed E-state index contributed by atoms with van der Waals surface area (Å²) < 4.78 is 0. The number of nitrogens with one attached hydrogen (secondary N) is 1. The number of benzene rings is 1. The van der Waals surface area contributed by atoms with Gasteiger partial charge in [-0.1, -0.05) is 29.0 Å². The number of aryl methyl sites for hydroxylation is 1. The number of likely N-dealkylation sites (tertiary alicyclic amines) is 1. The van der Waals surface area contributed by atoms with Crippen molar-refractivity contribution in [2.45, 2.75) is 32.7 Å². The van der Waals surface area contributed by atoms with Crippen molar-refractivity contribution in [1.29, 1.82) is 0 Å². The number of pyridine rings is 2. The molecule has 0 saturated carbocycles. The summed E-state index contributed by atoms with van der Waals surface area (Å²) in [5.41, 5.74) is 4.42. The molecule has 4 aromatic rings. The lowest BCUT2D eigenvalue weighted by molar-refractivity contribution is -0.108. The van der Waals surface area contributed by atoms with Gasteiger partial charge in [-0.15, -0.1) is 0 Å². The highest BCUT2D eigenvalue weighted by atomic mass is 32.1. The lowest BCUT2D eigenvalue weighted by Gasteiger charge is -2.31. The highest BCUT2D eigenvalue weighted by molar-refractivity contribution is 7.21. The van der Waals surface area contributed by atoms with Gasteiger partial charge in [0.15, 0.2) is 5.13 Å². The predicted octanol–water partition coefficient (Wildman–Crippen LogP) is 5.71. The van der Waals surface area contributed by atoms with Gasteiger partial charge in [-0.05, 0) is 80.7 Å². The number of hydrogen-bond acceptors (Lipinski definition) is 8. The summed E-state index contributed by atoms with van der Waals surface area (Å²) in [6, 6.07) is 16.6. The second-order valence-electron chi connectivity index (χ2n) is 9.20. The van der Waals surface area contributed by atoms with Gasteiger partial charge in [-0.25, -0.2) is 15.0 Å². The van der Waals surface area contributed by atoms with E-state index in [9.17, 15) is 4.79 Å². The number of carbonyl (C=O) groups excluding carboxylic acids is 1. The van der Waals surface area contributed by atoms with Gasteiger partial charge in [0.05, 0.1) is 0 Å². The Labute approximate surface area is 209 Å². The van der Waals surface area contributed by atoms with E-state index in [0.29, 0.717) is 12.3 Å². The molecule has 1 fully saturated rings. The molecule has 1 aliphatic rings. The van der Waals surface area contributed by atoms with Crippen LogP contribution in [0, 0.1) is 12.8 Å². The van der Waals surface area contributed by atoms with Crippen LogP contribution < -0.4 is 10.2 Å². The van der Waals surface area contributed by atoms with Crippen molar-refractivity contribution in [1.82, 2.24) is 19.9 Å². The van der Waals surface area contributed by atoms with E-state index in [4.69, 9.17) is 9.97 Å². The van der Waals surface area contributed by atoms with E-state index in [1.54, 1.807) is 0 Å². The molecule has 1 saturated heterocycles. The summed E-state index contributed by atoms with van der Waals surface area (Å²) >= 11 is 1.53. The van der Waals surface area contributed by atoms with E-state index in [0.717, 1.165) is 71.6 Å². The molecule has 0 spiro atoms. The zero-order chi connectivity index (χ0) is 24.2. The van der Waals surface area contributed by atoms with Crippen LogP contribution in [0.2, 0.25) is 0 Å². The number of thiazole rings is 1. The Morgan fingerprint density at radius 1 is 1.11 bits per heavy atom. The quantitative estimate of drug-likeness (QED) is 0.320. The van der Waals surface area contributed by atoms with Crippen LogP contribution in [0.5, 0.6) is 0 Å². The topological polar surface area (TPSA) is 74.2 Å². The van der Waals surface area contributed by atoms with Crippen molar-refractivity contribution in [3.05, 3.63) is 65.9 Å². The van der Waals surface area contributed by atoms with Crippen LogP contribution in [0.25, 0.3) is 10.3 Å². The average Bonchev–Trinajstić information content (AvgIpc) is 3.27. The van der Waals surface area contributed by atoms with Gasteiger partial charge in [0.25, 0.3) is 0 Å². The molecule has 0 unspecified atom stereocenters. The van der Waals surface area contributed by atoms with Crippen molar-refractivity contribution >= 4 is 50.4 Å². The van der Waals surface area contributed by atoms with Crippen LogP contribution in [0.15, 0.2) is 54.7 Å². The normalized spacial score (nSPS) is 14.8. The van der Waals surface area contributed by atoms with E-state index in [1.165, 1.54) is 22.5 Å². The molecule has 0 radical (unpaired) electrons. The molecule has 0 amide bonds. The lowest BCUT2D eigenvalue weighted by Crippen LogP contribution is -2.33. The van der Waals surface area contributed by atoms with Crippen LogP contribution in [-0.4, -0.2) is 46.3 Å². The Morgan fingerprint density at radius 3 is 2.69 bits per heavy atom. The number of nitrogens with zero attached hydrogens (tertiary/aromatic N) is 5. The lowest BCUT2D eigenvalue weighted by atomic mass is 9.94. The molecule has 1 N–H and O–H groups in total. The van der Waals surface area contributed by atoms with Crippen LogP contribution in [-0.2, 0) is 11.3 Å². The van der Waals surface area contributed by atoms with E-state index >= 15 is 0 Å². The fourth-order valence-corrected chi connectivity index (χ4v) is 5.31. The molecule has 35 heavy (non-hydrogen) atoms. The maximum absolute atomic E-state index is 10.8. The number of aromatic nitrogens is 3. The Hall–Kier alpha value is -3.36. The van der Waals surface area contributed by atoms with Gasteiger partial charge in [-0.2, -0.15) is 0 Å². The van der Waals surface area contributed by atoms with Crippen molar-refractivity contribution < 1.29 is 4.79 Å². The molecule has 4 heterocycles. The number of rotatable bonds is 8. The first-order chi connectivity index (χ1) is 17.1. The Morgan fingerprint density at radius 2 is 1.91 bits per heavy atom. The number of fused-ring (bicyclic) bond motifs is 1. The van der Waals surface area contributed by atoms with Crippen LogP contribution >= 0.6 is 11.3 Å². The monoisotopic (exact) mass is 486 g/mol. The third-order valence-corrected chi connectivity index (χ3v) is 7.49. The van der Waals surface area contributed by atoms with E-state index in [2.05, 4.69) is 63.4 Å². The summed E-state index contributed by atoms with van der Waals surface area (Å²) in [6.07, 6.45) is 5.78. The first kappa shape index (κ1) is 23.4. The molecule has 3 aromatic heterocycles. The van der Waals surface area contributed by atoms with Crippen LogP contribution in [0.1, 0.15) is 30.4 Å². The van der Waals surface area contributed by atoms with Gasteiger partial charge in [0.2, 0.25) is 0 Å². The fourth-order valence-electron chi connectivity index (χ4n) is 4.47. The smallest absolute Gasteiger partial charge is 0.190 e. The minimum atomic E-state index is 0.545. The molecule has 8 heteroatoms. The number of anilines is 4. The third-order valence-electron chi connectivity index (χ3n) is 6.61. The maximum Gasteiger partial charge on any atom is 0.190 e. The Balaban J connectivity index is 1.26. The Kier molecular flexibility index (Phi) is 7.01. The SMILES string of the molecule is Cc1ccc(N(C)c2ccc3nc(Nc4cc(CN5CCC(CC=O)CC5)ccn4)sc3n2)cc1. The number of hydrogen-bond donors (Lipinski definition) is 1. The van der Waals surface area contributed by atoms with Crippen LogP contribution in [0.4, 0.5) is 22.5 Å². The summed E-state index contributed by atoms with van der Waals surface area (Å²) in [7, 11) is 2.03. The molecule has 0 aliphatic carbocycles. The molecular weight excluding hydrogens is 456 g/mol. The van der Waals surface area contributed by atoms with E-state index in [1.807, 2.05) is 25.4 Å². The summed E-state index contributed by atoms with van der Waals surface area (Å²) in [6.45, 7) is 5.05. The molecule has 1 aliphatic heterocycles. The maximum atomic E-state index is 10.8. The van der Waals surface area contributed by atoms with Crippen molar-refractivity contribution in [2.75, 3.05) is 30.4 Å². The minimum absolute atomic E-state index is 0.545. The minimum Gasteiger partial charge on any atom is -0.329 e. The first-order valence-corrected chi connectivity index (χ1v) is 12.8. The van der Waals surface area contributed by atoms with Gasteiger partial charge in [0.1, 0.15) is 28.3 Å². The molecule has 0 atom stereocenters. The van der Waals surface area contributed by atoms with Gasteiger partial charge >= 0.3 is 0 Å². The largest absolute Gasteiger partial charge is 0.329 e. The molecule has 1 aromatic carbocycles. The first-order valence-electron chi connectivity index (χ1n) is 12.0. The molecule has 180 valence electrons.